The number of halogens is 1. The Balaban J connectivity index is 1.96. The zero-order valence-electron chi connectivity index (χ0n) is 19.0. The van der Waals surface area contributed by atoms with E-state index in [1.54, 1.807) is 24.3 Å². The minimum Gasteiger partial charge on any atom is -0.507 e. The van der Waals surface area contributed by atoms with Gasteiger partial charge in [0.2, 0.25) is 0 Å². The number of aryl methyl sites for hydroxylation is 1. The third-order valence-electron chi connectivity index (χ3n) is 5.91. The molecule has 0 aromatic heterocycles. The highest BCUT2D eigenvalue weighted by molar-refractivity contribution is 6.51. The molecule has 174 valence electrons. The Morgan fingerprint density at radius 3 is 2.24 bits per heavy atom. The molecule has 3 aromatic carbocycles. The molecule has 0 aliphatic carbocycles. The van der Waals surface area contributed by atoms with Gasteiger partial charge in [0.1, 0.15) is 23.1 Å². The largest absolute Gasteiger partial charge is 0.507 e. The van der Waals surface area contributed by atoms with Gasteiger partial charge in [-0.05, 0) is 60.0 Å². The van der Waals surface area contributed by atoms with E-state index in [4.69, 9.17) is 9.47 Å². The lowest BCUT2D eigenvalue weighted by molar-refractivity contribution is -0.132. The summed E-state index contributed by atoms with van der Waals surface area (Å²) in [6.45, 7) is 2.02. The summed E-state index contributed by atoms with van der Waals surface area (Å²) in [7, 11) is 2.91. The zero-order valence-corrected chi connectivity index (χ0v) is 19.0. The number of aliphatic hydroxyl groups excluding tert-OH is 1. The Kier molecular flexibility index (Phi) is 6.36. The molecule has 1 atom stereocenters. The maximum absolute atomic E-state index is 13.7. The maximum Gasteiger partial charge on any atom is 0.300 e. The Morgan fingerprint density at radius 2 is 1.65 bits per heavy atom. The highest BCUT2D eigenvalue weighted by Crippen LogP contribution is 2.43. The molecular formula is C27H24FNO5. The summed E-state index contributed by atoms with van der Waals surface area (Å²) in [5, 5.41) is 11.3. The van der Waals surface area contributed by atoms with Gasteiger partial charge in [0, 0.05) is 5.69 Å². The predicted molar refractivity (Wildman–Crippen MR) is 127 cm³/mol. The second-order valence-corrected chi connectivity index (χ2v) is 7.81. The van der Waals surface area contributed by atoms with Crippen molar-refractivity contribution in [3.05, 3.63) is 94.8 Å². The molecule has 7 heteroatoms. The van der Waals surface area contributed by atoms with Gasteiger partial charge in [0.05, 0.1) is 31.4 Å². The number of methoxy groups -OCH3 is 2. The number of benzene rings is 3. The van der Waals surface area contributed by atoms with Gasteiger partial charge in [-0.2, -0.15) is 0 Å². The van der Waals surface area contributed by atoms with Crippen LogP contribution in [0, 0.1) is 5.82 Å². The van der Waals surface area contributed by atoms with E-state index >= 15 is 0 Å². The Morgan fingerprint density at radius 1 is 0.971 bits per heavy atom. The second-order valence-electron chi connectivity index (χ2n) is 7.81. The van der Waals surface area contributed by atoms with Crippen LogP contribution >= 0.6 is 0 Å². The molecule has 0 saturated carbocycles. The summed E-state index contributed by atoms with van der Waals surface area (Å²) in [4.78, 5) is 27.8. The average Bonchev–Trinajstić information content (AvgIpc) is 3.13. The van der Waals surface area contributed by atoms with Crippen LogP contribution in [0.1, 0.15) is 29.7 Å². The summed E-state index contributed by atoms with van der Waals surface area (Å²) in [5.74, 6) is -1.77. The molecular weight excluding hydrogens is 437 g/mol. The van der Waals surface area contributed by atoms with Gasteiger partial charge in [-0.3, -0.25) is 14.5 Å². The van der Waals surface area contributed by atoms with Crippen LogP contribution in [0.15, 0.2) is 72.3 Å². The van der Waals surface area contributed by atoms with E-state index in [9.17, 15) is 19.1 Å². The van der Waals surface area contributed by atoms with Crippen molar-refractivity contribution in [1.82, 2.24) is 0 Å². The third-order valence-corrected chi connectivity index (χ3v) is 5.91. The van der Waals surface area contributed by atoms with Gasteiger partial charge in [-0.25, -0.2) is 4.39 Å². The first kappa shape index (κ1) is 23.0. The lowest BCUT2D eigenvalue weighted by Gasteiger charge is -2.25. The average molecular weight is 461 g/mol. The number of ketones is 1. The number of carbonyl (C=O) groups is 2. The molecule has 1 fully saturated rings. The van der Waals surface area contributed by atoms with E-state index in [1.165, 1.54) is 49.5 Å². The Bertz CT molecular complexity index is 1270. The lowest BCUT2D eigenvalue weighted by atomic mass is 9.94. The fourth-order valence-electron chi connectivity index (χ4n) is 4.10. The van der Waals surface area contributed by atoms with Gasteiger partial charge in [0.25, 0.3) is 11.7 Å². The summed E-state index contributed by atoms with van der Waals surface area (Å²) in [6, 6.07) is 16.6. The van der Waals surface area contributed by atoms with Crippen LogP contribution in [0.4, 0.5) is 10.1 Å². The molecule has 0 spiro atoms. The summed E-state index contributed by atoms with van der Waals surface area (Å²) in [6.07, 6.45) is 0.816. The standard InChI is InChI=1S/C27H24FNO5/c1-4-16-5-11-19(12-6-16)29-24(17-7-9-18(28)10-8-17)23(26(31)27(29)32)25(30)21-15-20(33-2)13-14-22(21)34-3/h5-15,24,30H,4H2,1-3H3/b25-23+. The summed E-state index contributed by atoms with van der Waals surface area (Å²) < 4.78 is 24.3. The first-order valence-corrected chi connectivity index (χ1v) is 10.8. The van der Waals surface area contributed by atoms with Crippen molar-refractivity contribution >= 4 is 23.1 Å². The molecule has 1 heterocycles. The topological polar surface area (TPSA) is 76.1 Å². The molecule has 0 bridgehead atoms. The molecule has 1 amide bonds. The molecule has 34 heavy (non-hydrogen) atoms. The highest BCUT2D eigenvalue weighted by Gasteiger charge is 2.47. The quantitative estimate of drug-likeness (QED) is 0.317. The van der Waals surface area contributed by atoms with Gasteiger partial charge < -0.3 is 14.6 Å². The van der Waals surface area contributed by atoms with Gasteiger partial charge in [-0.15, -0.1) is 0 Å². The van der Waals surface area contributed by atoms with Crippen LogP contribution < -0.4 is 14.4 Å². The van der Waals surface area contributed by atoms with Gasteiger partial charge in [0.15, 0.2) is 0 Å². The van der Waals surface area contributed by atoms with Crippen molar-refractivity contribution in [3.63, 3.8) is 0 Å². The number of hydrogen-bond donors (Lipinski definition) is 1. The van der Waals surface area contributed by atoms with Crippen molar-refractivity contribution in [1.29, 1.82) is 0 Å². The number of amides is 1. The normalized spacial score (nSPS) is 17.2. The maximum atomic E-state index is 13.7. The number of anilines is 1. The van der Waals surface area contributed by atoms with Crippen LogP contribution in [0.25, 0.3) is 5.76 Å². The number of carbonyl (C=O) groups excluding carboxylic acids is 2. The highest BCUT2D eigenvalue weighted by atomic mass is 19.1. The van der Waals surface area contributed by atoms with Gasteiger partial charge >= 0.3 is 0 Å². The van der Waals surface area contributed by atoms with Crippen LogP contribution in [-0.4, -0.2) is 31.0 Å². The molecule has 1 aliphatic rings. The van der Waals surface area contributed by atoms with Crippen molar-refractivity contribution in [3.8, 4) is 11.5 Å². The van der Waals surface area contributed by atoms with Crippen molar-refractivity contribution < 1.29 is 28.6 Å². The number of rotatable bonds is 6. The molecule has 0 radical (unpaired) electrons. The van der Waals surface area contributed by atoms with E-state index in [1.807, 2.05) is 19.1 Å². The summed E-state index contributed by atoms with van der Waals surface area (Å²) >= 11 is 0. The zero-order chi connectivity index (χ0) is 24.4. The van der Waals surface area contributed by atoms with Gasteiger partial charge in [-0.1, -0.05) is 31.2 Å². The van der Waals surface area contributed by atoms with Crippen LogP contribution in [0.5, 0.6) is 11.5 Å². The van der Waals surface area contributed by atoms with Crippen molar-refractivity contribution in [2.24, 2.45) is 0 Å². The fraction of sp³-hybridized carbons (Fsp3) is 0.185. The molecule has 1 unspecified atom stereocenters. The summed E-state index contributed by atoms with van der Waals surface area (Å²) in [5.41, 5.74) is 2.12. The van der Waals surface area contributed by atoms with Crippen LogP contribution in [0.2, 0.25) is 0 Å². The van der Waals surface area contributed by atoms with Crippen molar-refractivity contribution in [2.45, 2.75) is 19.4 Å². The van der Waals surface area contributed by atoms with Crippen molar-refractivity contribution in [2.75, 3.05) is 19.1 Å². The lowest BCUT2D eigenvalue weighted by Crippen LogP contribution is -2.29. The molecule has 6 nitrogen and oxygen atoms in total. The monoisotopic (exact) mass is 461 g/mol. The van der Waals surface area contributed by atoms with Crippen LogP contribution in [0.3, 0.4) is 0 Å². The molecule has 4 rings (SSSR count). The van der Waals surface area contributed by atoms with E-state index in [0.29, 0.717) is 22.7 Å². The Hall–Kier alpha value is -4.13. The van der Waals surface area contributed by atoms with E-state index in [2.05, 4.69) is 0 Å². The molecule has 3 aromatic rings. The number of hydrogen-bond acceptors (Lipinski definition) is 5. The second kappa shape index (κ2) is 9.39. The predicted octanol–water partition coefficient (Wildman–Crippen LogP) is 5.03. The minimum absolute atomic E-state index is 0.122. The third kappa shape index (κ3) is 4.01. The Labute approximate surface area is 196 Å². The van der Waals surface area contributed by atoms with E-state index < -0.39 is 29.3 Å². The first-order valence-electron chi connectivity index (χ1n) is 10.8. The number of ether oxygens (including phenoxy) is 2. The SMILES string of the molecule is CCc1ccc(N2C(=O)C(=O)/C(=C(/O)c3cc(OC)ccc3OC)C2c2ccc(F)cc2)cc1. The molecule has 1 saturated heterocycles. The number of nitrogens with zero attached hydrogens (tertiary/aromatic N) is 1. The minimum atomic E-state index is -0.969. The fourth-order valence-corrected chi connectivity index (χ4v) is 4.10. The molecule has 1 N–H and O–H groups in total. The molecule has 1 aliphatic heterocycles. The van der Waals surface area contributed by atoms with Crippen LogP contribution in [-0.2, 0) is 16.0 Å². The number of aliphatic hydroxyl groups is 1. The number of Topliss-reactive ketones (excluding diaryl/α,β-unsaturated/α-hetero) is 1. The first-order chi connectivity index (χ1) is 16.4. The van der Waals surface area contributed by atoms with E-state index in [0.717, 1.165) is 12.0 Å². The smallest absolute Gasteiger partial charge is 0.300 e. The van der Waals surface area contributed by atoms with E-state index in [-0.39, 0.29) is 11.1 Å².